The molecule has 0 unspecified atom stereocenters. The second kappa shape index (κ2) is 8.73. The van der Waals surface area contributed by atoms with Gasteiger partial charge in [-0.15, -0.1) is 10.2 Å². The summed E-state index contributed by atoms with van der Waals surface area (Å²) in [6.45, 7) is 6.46. The predicted molar refractivity (Wildman–Crippen MR) is 108 cm³/mol. The van der Waals surface area contributed by atoms with Crippen molar-refractivity contribution in [1.29, 1.82) is 0 Å². The van der Waals surface area contributed by atoms with E-state index in [9.17, 15) is 4.79 Å². The fourth-order valence-corrected chi connectivity index (χ4v) is 3.44. The second-order valence-corrected chi connectivity index (χ2v) is 6.94. The Kier molecular flexibility index (Phi) is 6.13. The molecule has 0 spiro atoms. The number of carbonyl (C=O) groups is 1. The molecular formula is C20H22N4O2S. The Morgan fingerprint density at radius 2 is 1.93 bits per heavy atom. The molecule has 1 aromatic heterocycles. The van der Waals surface area contributed by atoms with Crippen LogP contribution >= 0.6 is 11.8 Å². The number of amides is 1. The molecule has 0 aliphatic carbocycles. The number of benzene rings is 2. The number of hydrogen-bond acceptors (Lipinski definition) is 5. The van der Waals surface area contributed by atoms with E-state index in [2.05, 4.69) is 15.5 Å². The van der Waals surface area contributed by atoms with Crippen LogP contribution in [0.1, 0.15) is 18.3 Å². The molecule has 140 valence electrons. The van der Waals surface area contributed by atoms with Crippen molar-refractivity contribution in [2.24, 2.45) is 0 Å². The second-order valence-electron chi connectivity index (χ2n) is 6.00. The van der Waals surface area contributed by atoms with E-state index in [-0.39, 0.29) is 11.7 Å². The minimum Gasteiger partial charge on any atom is -0.494 e. The van der Waals surface area contributed by atoms with Gasteiger partial charge in [0.2, 0.25) is 5.91 Å². The van der Waals surface area contributed by atoms with Gasteiger partial charge in [-0.1, -0.05) is 23.9 Å². The molecule has 7 heteroatoms. The average molecular weight is 382 g/mol. The summed E-state index contributed by atoms with van der Waals surface area (Å²) in [5.41, 5.74) is 2.83. The molecular weight excluding hydrogens is 360 g/mol. The molecule has 1 heterocycles. The first kappa shape index (κ1) is 19.0. The van der Waals surface area contributed by atoms with E-state index < -0.39 is 0 Å². The molecule has 0 aliphatic rings. The molecule has 0 saturated carbocycles. The molecule has 3 rings (SSSR count). The normalized spacial score (nSPS) is 10.6. The van der Waals surface area contributed by atoms with E-state index >= 15 is 0 Å². The largest absolute Gasteiger partial charge is 0.494 e. The van der Waals surface area contributed by atoms with Crippen LogP contribution < -0.4 is 10.1 Å². The van der Waals surface area contributed by atoms with Crippen LogP contribution in [0.25, 0.3) is 5.69 Å². The fourth-order valence-electron chi connectivity index (χ4n) is 2.64. The van der Waals surface area contributed by atoms with Crippen molar-refractivity contribution in [3.63, 3.8) is 0 Å². The van der Waals surface area contributed by atoms with Crippen molar-refractivity contribution in [2.75, 3.05) is 17.7 Å². The van der Waals surface area contributed by atoms with E-state index in [1.165, 1.54) is 11.8 Å². The van der Waals surface area contributed by atoms with Crippen molar-refractivity contribution in [2.45, 2.75) is 25.9 Å². The van der Waals surface area contributed by atoms with Crippen LogP contribution in [0.3, 0.4) is 0 Å². The van der Waals surface area contributed by atoms with Crippen LogP contribution in [0.15, 0.2) is 53.7 Å². The zero-order chi connectivity index (χ0) is 19.2. The first-order valence-electron chi connectivity index (χ1n) is 8.71. The van der Waals surface area contributed by atoms with Crippen LogP contribution in [0.5, 0.6) is 5.75 Å². The smallest absolute Gasteiger partial charge is 0.234 e. The molecule has 27 heavy (non-hydrogen) atoms. The third-order valence-corrected chi connectivity index (χ3v) is 4.76. The molecule has 2 aromatic carbocycles. The highest BCUT2D eigenvalue weighted by atomic mass is 32.2. The summed E-state index contributed by atoms with van der Waals surface area (Å²) in [6.07, 6.45) is 0. The minimum atomic E-state index is -0.0792. The summed E-state index contributed by atoms with van der Waals surface area (Å²) >= 11 is 1.35. The van der Waals surface area contributed by atoms with Crippen molar-refractivity contribution >= 4 is 23.4 Å². The standard InChI is InChI=1S/C20H22N4O2S/c1-4-26-18-10-8-17(9-11-18)24-15(3)22-23-20(24)27-13-19(25)21-16-7-5-6-14(2)12-16/h5-12H,4,13H2,1-3H3,(H,21,25). The zero-order valence-corrected chi connectivity index (χ0v) is 16.4. The Bertz CT molecular complexity index is 922. The number of hydrogen-bond donors (Lipinski definition) is 1. The van der Waals surface area contributed by atoms with E-state index in [4.69, 9.17) is 4.74 Å². The van der Waals surface area contributed by atoms with Crippen LogP contribution in [0, 0.1) is 13.8 Å². The maximum Gasteiger partial charge on any atom is 0.234 e. The molecule has 0 aliphatic heterocycles. The third kappa shape index (κ3) is 4.89. The summed E-state index contributed by atoms with van der Waals surface area (Å²) in [5.74, 6) is 1.76. The Balaban J connectivity index is 1.68. The third-order valence-electron chi connectivity index (χ3n) is 3.84. The highest BCUT2D eigenvalue weighted by Gasteiger charge is 2.13. The van der Waals surface area contributed by atoms with Gasteiger partial charge in [0, 0.05) is 11.4 Å². The molecule has 0 bridgehead atoms. The van der Waals surface area contributed by atoms with Crippen LogP contribution in [-0.2, 0) is 4.79 Å². The van der Waals surface area contributed by atoms with E-state index in [0.717, 1.165) is 28.5 Å². The van der Waals surface area contributed by atoms with Gasteiger partial charge >= 0.3 is 0 Å². The predicted octanol–water partition coefficient (Wildman–Crippen LogP) is 4.01. The number of nitrogens with zero attached hydrogens (tertiary/aromatic N) is 3. The zero-order valence-electron chi connectivity index (χ0n) is 15.6. The van der Waals surface area contributed by atoms with Crippen LogP contribution in [0.4, 0.5) is 5.69 Å². The lowest BCUT2D eigenvalue weighted by molar-refractivity contribution is -0.113. The Hall–Kier alpha value is -2.80. The quantitative estimate of drug-likeness (QED) is 0.625. The van der Waals surface area contributed by atoms with Crippen molar-refractivity contribution in [1.82, 2.24) is 14.8 Å². The van der Waals surface area contributed by atoms with Gasteiger partial charge in [0.15, 0.2) is 5.16 Å². The van der Waals surface area contributed by atoms with Crippen molar-refractivity contribution < 1.29 is 9.53 Å². The lowest BCUT2D eigenvalue weighted by Crippen LogP contribution is -2.14. The van der Waals surface area contributed by atoms with Gasteiger partial charge in [-0.05, 0) is 62.7 Å². The van der Waals surface area contributed by atoms with Gasteiger partial charge in [0.05, 0.1) is 12.4 Å². The molecule has 0 atom stereocenters. The summed E-state index contributed by atoms with van der Waals surface area (Å²) in [4.78, 5) is 12.3. The molecule has 1 N–H and O–H groups in total. The van der Waals surface area contributed by atoms with E-state index in [1.54, 1.807) is 0 Å². The SMILES string of the molecule is CCOc1ccc(-n2c(C)nnc2SCC(=O)Nc2cccc(C)c2)cc1. The molecule has 0 fully saturated rings. The van der Waals surface area contributed by atoms with Gasteiger partial charge in [-0.2, -0.15) is 0 Å². The number of carbonyl (C=O) groups excluding carboxylic acids is 1. The number of nitrogens with one attached hydrogen (secondary N) is 1. The molecule has 1 amide bonds. The van der Waals surface area contributed by atoms with Crippen LogP contribution in [-0.4, -0.2) is 33.0 Å². The number of thioether (sulfide) groups is 1. The van der Waals surface area contributed by atoms with Gasteiger partial charge in [0.1, 0.15) is 11.6 Å². The maximum absolute atomic E-state index is 12.3. The maximum atomic E-state index is 12.3. The van der Waals surface area contributed by atoms with Crippen LogP contribution in [0.2, 0.25) is 0 Å². The molecule has 6 nitrogen and oxygen atoms in total. The summed E-state index contributed by atoms with van der Waals surface area (Å²) in [6, 6.07) is 15.5. The lowest BCUT2D eigenvalue weighted by atomic mass is 10.2. The van der Waals surface area contributed by atoms with E-state index in [1.807, 2.05) is 73.9 Å². The monoisotopic (exact) mass is 382 g/mol. The summed E-state index contributed by atoms with van der Waals surface area (Å²) in [5, 5.41) is 11.9. The number of rotatable bonds is 7. The van der Waals surface area contributed by atoms with Gasteiger partial charge in [0.25, 0.3) is 0 Å². The fraction of sp³-hybridized carbons (Fsp3) is 0.250. The van der Waals surface area contributed by atoms with Gasteiger partial charge in [-0.25, -0.2) is 0 Å². The van der Waals surface area contributed by atoms with E-state index in [0.29, 0.717) is 11.8 Å². The number of ether oxygens (including phenoxy) is 1. The minimum absolute atomic E-state index is 0.0792. The Labute approximate surface area is 163 Å². The van der Waals surface area contributed by atoms with Crippen molar-refractivity contribution in [3.8, 4) is 11.4 Å². The summed E-state index contributed by atoms with van der Waals surface area (Å²) < 4.78 is 7.41. The first-order chi connectivity index (χ1) is 13.1. The number of aryl methyl sites for hydroxylation is 2. The summed E-state index contributed by atoms with van der Waals surface area (Å²) in [7, 11) is 0. The van der Waals surface area contributed by atoms with Crippen molar-refractivity contribution in [3.05, 3.63) is 59.9 Å². The molecule has 3 aromatic rings. The molecule has 0 radical (unpaired) electrons. The highest BCUT2D eigenvalue weighted by molar-refractivity contribution is 7.99. The highest BCUT2D eigenvalue weighted by Crippen LogP contribution is 2.24. The first-order valence-corrected chi connectivity index (χ1v) is 9.70. The topological polar surface area (TPSA) is 69.0 Å². The molecule has 0 saturated heterocycles. The Morgan fingerprint density at radius 3 is 2.63 bits per heavy atom. The van der Waals surface area contributed by atoms with Gasteiger partial charge in [-0.3, -0.25) is 9.36 Å². The Morgan fingerprint density at radius 1 is 1.15 bits per heavy atom. The average Bonchev–Trinajstić information content (AvgIpc) is 3.02. The van der Waals surface area contributed by atoms with Gasteiger partial charge < -0.3 is 10.1 Å². The lowest BCUT2D eigenvalue weighted by Gasteiger charge is -2.10. The number of anilines is 1. The number of aromatic nitrogens is 3.